The summed E-state index contributed by atoms with van der Waals surface area (Å²) in [5, 5.41) is 10.3. The van der Waals surface area contributed by atoms with Gasteiger partial charge in [0.1, 0.15) is 6.10 Å². The Kier molecular flexibility index (Phi) is 8.03. The van der Waals surface area contributed by atoms with Crippen LogP contribution in [-0.4, -0.2) is 37.6 Å². The maximum Gasteiger partial charge on any atom is 0.102 e. The van der Waals surface area contributed by atoms with E-state index >= 15 is 0 Å². The van der Waals surface area contributed by atoms with Crippen LogP contribution in [0, 0.1) is 5.92 Å². The highest BCUT2D eigenvalue weighted by Crippen LogP contribution is 2.17. The maximum absolute atomic E-state index is 10.3. The molecule has 3 atom stereocenters. The Bertz CT molecular complexity index is 296. The van der Waals surface area contributed by atoms with Gasteiger partial charge in [0.2, 0.25) is 0 Å². The Morgan fingerprint density at radius 3 is 2.84 bits per heavy atom. The van der Waals surface area contributed by atoms with Crippen molar-refractivity contribution < 1.29 is 14.6 Å². The molecular weight excluding hydrogens is 240 g/mol. The zero-order valence-corrected chi connectivity index (χ0v) is 12.5. The summed E-state index contributed by atoms with van der Waals surface area (Å²) in [5.41, 5.74) is 1.27. The lowest BCUT2D eigenvalue weighted by atomic mass is 9.96. The topological polar surface area (TPSA) is 38.7 Å². The van der Waals surface area contributed by atoms with Crippen molar-refractivity contribution in [3.05, 3.63) is 23.8 Å². The first-order valence-electron chi connectivity index (χ1n) is 7.27. The van der Waals surface area contributed by atoms with Gasteiger partial charge in [0.25, 0.3) is 0 Å². The first-order valence-corrected chi connectivity index (χ1v) is 7.27. The molecule has 3 unspecified atom stereocenters. The summed E-state index contributed by atoms with van der Waals surface area (Å²) in [4.78, 5) is 0. The van der Waals surface area contributed by atoms with Crippen LogP contribution in [0.4, 0.5) is 0 Å². The number of hydrogen-bond acceptors (Lipinski definition) is 3. The third-order valence-electron chi connectivity index (χ3n) is 3.57. The minimum Gasteiger partial charge on any atom is -0.389 e. The summed E-state index contributed by atoms with van der Waals surface area (Å²) in [5.74, 6) is 0.0811. The molecule has 0 saturated carbocycles. The van der Waals surface area contributed by atoms with Gasteiger partial charge in [-0.2, -0.15) is 0 Å². The molecule has 0 saturated heterocycles. The average Bonchev–Trinajstić information content (AvgIpc) is 2.39. The lowest BCUT2D eigenvalue weighted by Gasteiger charge is -2.23. The van der Waals surface area contributed by atoms with Crippen LogP contribution in [0.15, 0.2) is 23.8 Å². The van der Waals surface area contributed by atoms with Gasteiger partial charge in [-0.3, -0.25) is 0 Å². The third kappa shape index (κ3) is 6.37. The average molecular weight is 268 g/mol. The molecule has 19 heavy (non-hydrogen) atoms. The second kappa shape index (κ2) is 9.29. The van der Waals surface area contributed by atoms with Gasteiger partial charge in [-0.05, 0) is 32.6 Å². The molecule has 110 valence electrons. The molecule has 1 aliphatic rings. The molecule has 0 aromatic carbocycles. The Hall–Kier alpha value is -0.640. The van der Waals surface area contributed by atoms with E-state index in [4.69, 9.17) is 9.47 Å². The molecule has 0 aromatic rings. The van der Waals surface area contributed by atoms with E-state index in [1.807, 2.05) is 13.0 Å². The van der Waals surface area contributed by atoms with Crippen LogP contribution in [0.1, 0.15) is 39.5 Å². The molecule has 1 heterocycles. The van der Waals surface area contributed by atoms with E-state index in [1.165, 1.54) is 5.57 Å². The maximum atomic E-state index is 10.3. The van der Waals surface area contributed by atoms with E-state index in [9.17, 15) is 5.11 Å². The van der Waals surface area contributed by atoms with E-state index in [0.717, 1.165) is 38.9 Å². The van der Waals surface area contributed by atoms with Gasteiger partial charge < -0.3 is 14.6 Å². The lowest BCUT2D eigenvalue weighted by molar-refractivity contribution is -0.00195. The highest BCUT2D eigenvalue weighted by Gasteiger charge is 2.21. The van der Waals surface area contributed by atoms with E-state index in [1.54, 1.807) is 7.11 Å². The fraction of sp³-hybridized carbons (Fsp3) is 0.750. The van der Waals surface area contributed by atoms with Crippen LogP contribution in [-0.2, 0) is 9.47 Å². The largest absolute Gasteiger partial charge is 0.389 e. The van der Waals surface area contributed by atoms with Gasteiger partial charge >= 0.3 is 0 Å². The number of methoxy groups -OCH3 is 1. The molecule has 0 radical (unpaired) electrons. The van der Waals surface area contributed by atoms with Gasteiger partial charge in [-0.15, -0.1) is 0 Å². The minimum atomic E-state index is -0.500. The van der Waals surface area contributed by atoms with Gasteiger partial charge in [0, 0.05) is 19.6 Å². The zero-order chi connectivity index (χ0) is 14.1. The van der Waals surface area contributed by atoms with Gasteiger partial charge in [0.05, 0.1) is 12.7 Å². The molecule has 0 bridgehead atoms. The first-order chi connectivity index (χ1) is 9.15. The number of allylic oxidation sites excluding steroid dienone is 1. The van der Waals surface area contributed by atoms with E-state index in [2.05, 4.69) is 19.1 Å². The van der Waals surface area contributed by atoms with Crippen LogP contribution >= 0.6 is 0 Å². The summed E-state index contributed by atoms with van der Waals surface area (Å²) in [7, 11) is 1.65. The number of rotatable bonds is 1. The normalized spacial score (nSPS) is 31.6. The minimum absolute atomic E-state index is 0.0811. The summed E-state index contributed by atoms with van der Waals surface area (Å²) in [6, 6.07) is 0. The van der Waals surface area contributed by atoms with Crippen molar-refractivity contribution >= 4 is 0 Å². The molecule has 0 spiro atoms. The fourth-order valence-electron chi connectivity index (χ4n) is 2.29. The van der Waals surface area contributed by atoms with Crippen molar-refractivity contribution in [2.75, 3.05) is 20.3 Å². The molecule has 3 heteroatoms. The molecular formula is C16H28O3. The second-order valence-electron chi connectivity index (χ2n) is 5.35. The number of hydrogen-bond donors (Lipinski definition) is 1. The zero-order valence-electron chi connectivity index (χ0n) is 12.5. The van der Waals surface area contributed by atoms with Gasteiger partial charge in [-0.25, -0.2) is 0 Å². The van der Waals surface area contributed by atoms with Crippen molar-refractivity contribution in [3.8, 4) is 0 Å². The van der Waals surface area contributed by atoms with Crippen molar-refractivity contribution in [1.82, 2.24) is 0 Å². The molecule has 0 amide bonds. The predicted molar refractivity (Wildman–Crippen MR) is 78.2 cm³/mol. The summed E-state index contributed by atoms with van der Waals surface area (Å²) >= 11 is 0. The molecule has 0 aromatic heterocycles. The predicted octanol–water partition coefficient (Wildman–Crippen LogP) is 3.09. The Morgan fingerprint density at radius 2 is 2.11 bits per heavy atom. The standard InChI is InChI=1S/C16H28O3/c1-13-9-11-19-10-7-5-4-6-8-15(18-3)16(17)14(2)12-13/h6,8,12,14-17H,4-5,7,9-11H2,1-3H3. The third-order valence-corrected chi connectivity index (χ3v) is 3.57. The Balaban J connectivity index is 2.71. The number of aliphatic hydroxyl groups excluding tert-OH is 1. The van der Waals surface area contributed by atoms with Crippen LogP contribution < -0.4 is 0 Å². The number of ether oxygens (including phenoxy) is 2. The van der Waals surface area contributed by atoms with Crippen molar-refractivity contribution in [2.45, 2.75) is 51.7 Å². The lowest BCUT2D eigenvalue weighted by Crippen LogP contribution is -2.31. The van der Waals surface area contributed by atoms with E-state index in [-0.39, 0.29) is 12.0 Å². The van der Waals surface area contributed by atoms with Crippen molar-refractivity contribution in [3.63, 3.8) is 0 Å². The summed E-state index contributed by atoms with van der Waals surface area (Å²) in [6.07, 6.45) is 9.64. The quantitative estimate of drug-likeness (QED) is 0.743. The van der Waals surface area contributed by atoms with Crippen molar-refractivity contribution in [2.24, 2.45) is 5.92 Å². The van der Waals surface area contributed by atoms with E-state index < -0.39 is 6.10 Å². The number of aliphatic hydroxyl groups is 1. The molecule has 0 fully saturated rings. The molecule has 0 aliphatic carbocycles. The highest BCUT2D eigenvalue weighted by atomic mass is 16.5. The van der Waals surface area contributed by atoms with Crippen LogP contribution in [0.2, 0.25) is 0 Å². The SMILES string of the molecule is COC1C=CCCCCOCCC(C)=CC(C)C1O. The molecule has 1 N–H and O–H groups in total. The van der Waals surface area contributed by atoms with Gasteiger partial charge in [0.15, 0.2) is 0 Å². The smallest absolute Gasteiger partial charge is 0.102 e. The summed E-state index contributed by atoms with van der Waals surface area (Å²) in [6.45, 7) is 5.73. The molecule has 1 rings (SSSR count). The van der Waals surface area contributed by atoms with Gasteiger partial charge in [-0.1, -0.05) is 30.7 Å². The second-order valence-corrected chi connectivity index (χ2v) is 5.35. The van der Waals surface area contributed by atoms with Crippen LogP contribution in [0.5, 0.6) is 0 Å². The summed E-state index contributed by atoms with van der Waals surface area (Å²) < 4.78 is 11.0. The Labute approximate surface area is 117 Å². The first kappa shape index (κ1) is 16.4. The fourth-order valence-corrected chi connectivity index (χ4v) is 2.29. The molecule has 1 aliphatic heterocycles. The van der Waals surface area contributed by atoms with Crippen LogP contribution in [0.3, 0.4) is 0 Å². The molecule has 3 nitrogen and oxygen atoms in total. The Morgan fingerprint density at radius 1 is 1.32 bits per heavy atom. The van der Waals surface area contributed by atoms with Crippen LogP contribution in [0.25, 0.3) is 0 Å². The van der Waals surface area contributed by atoms with Crippen molar-refractivity contribution in [1.29, 1.82) is 0 Å². The van der Waals surface area contributed by atoms with E-state index in [0.29, 0.717) is 0 Å². The monoisotopic (exact) mass is 268 g/mol. The highest BCUT2D eigenvalue weighted by molar-refractivity contribution is 5.05.